The minimum atomic E-state index is -0.812. The van der Waals surface area contributed by atoms with Crippen molar-refractivity contribution in [3.63, 3.8) is 0 Å². The second-order valence-corrected chi connectivity index (χ2v) is 3.73. The summed E-state index contributed by atoms with van der Waals surface area (Å²) in [7, 11) is 1.58. The SMILES string of the molecule is CCC(N)C(CC)(COC)CC(=O)O. The molecular weight excluding hydrogens is 182 g/mol. The predicted octanol–water partition coefficient (Wildman–Crippen LogP) is 1.24. The fraction of sp³-hybridized carbons (Fsp3) is 0.900. The van der Waals surface area contributed by atoms with E-state index >= 15 is 0 Å². The number of carbonyl (C=O) groups is 1. The van der Waals surface area contributed by atoms with E-state index in [4.69, 9.17) is 15.6 Å². The topological polar surface area (TPSA) is 72.5 Å². The number of carboxylic acids is 1. The number of aliphatic carboxylic acids is 1. The van der Waals surface area contributed by atoms with Gasteiger partial charge in [0.1, 0.15) is 0 Å². The van der Waals surface area contributed by atoms with Crippen LogP contribution in [0.5, 0.6) is 0 Å². The number of methoxy groups -OCH3 is 1. The molecule has 0 spiro atoms. The minimum absolute atomic E-state index is 0.0757. The summed E-state index contributed by atoms with van der Waals surface area (Å²) in [5.74, 6) is -0.812. The predicted molar refractivity (Wildman–Crippen MR) is 55.1 cm³/mol. The molecule has 0 aromatic rings. The van der Waals surface area contributed by atoms with Crippen molar-refractivity contribution in [2.24, 2.45) is 11.1 Å². The van der Waals surface area contributed by atoms with Crippen LogP contribution in [0.1, 0.15) is 33.1 Å². The fourth-order valence-corrected chi connectivity index (χ4v) is 1.80. The van der Waals surface area contributed by atoms with E-state index in [1.54, 1.807) is 7.11 Å². The van der Waals surface area contributed by atoms with Gasteiger partial charge in [0.15, 0.2) is 0 Å². The van der Waals surface area contributed by atoms with Gasteiger partial charge in [-0.1, -0.05) is 13.8 Å². The first kappa shape index (κ1) is 13.4. The van der Waals surface area contributed by atoms with E-state index in [9.17, 15) is 4.79 Å². The third-order valence-electron chi connectivity index (χ3n) is 2.87. The number of nitrogens with two attached hydrogens (primary N) is 1. The number of hydrogen-bond donors (Lipinski definition) is 2. The molecular formula is C10H21NO3. The van der Waals surface area contributed by atoms with Gasteiger partial charge in [0.05, 0.1) is 13.0 Å². The van der Waals surface area contributed by atoms with Gasteiger partial charge in [-0.2, -0.15) is 0 Å². The zero-order valence-electron chi connectivity index (χ0n) is 9.25. The molecule has 0 aromatic carbocycles. The second kappa shape index (κ2) is 5.98. The van der Waals surface area contributed by atoms with Crippen LogP contribution in [-0.2, 0) is 9.53 Å². The molecule has 0 aliphatic carbocycles. The van der Waals surface area contributed by atoms with Crippen LogP contribution >= 0.6 is 0 Å². The van der Waals surface area contributed by atoms with Crippen molar-refractivity contribution in [1.29, 1.82) is 0 Å². The Balaban J connectivity index is 4.67. The molecule has 4 heteroatoms. The van der Waals surface area contributed by atoms with Gasteiger partial charge < -0.3 is 15.6 Å². The molecule has 0 fully saturated rings. The average molecular weight is 203 g/mol. The van der Waals surface area contributed by atoms with Crippen molar-refractivity contribution in [3.8, 4) is 0 Å². The highest BCUT2D eigenvalue weighted by molar-refractivity contribution is 5.67. The summed E-state index contributed by atoms with van der Waals surface area (Å²) >= 11 is 0. The van der Waals surface area contributed by atoms with Crippen molar-refractivity contribution in [1.82, 2.24) is 0 Å². The van der Waals surface area contributed by atoms with Crippen molar-refractivity contribution in [2.45, 2.75) is 39.2 Å². The maximum Gasteiger partial charge on any atom is 0.304 e. The van der Waals surface area contributed by atoms with Gasteiger partial charge in [0.2, 0.25) is 0 Å². The minimum Gasteiger partial charge on any atom is -0.481 e. The number of carboxylic acid groups (broad SMARTS) is 1. The molecule has 0 aliphatic heterocycles. The van der Waals surface area contributed by atoms with Crippen LogP contribution in [0.15, 0.2) is 0 Å². The molecule has 0 rings (SSSR count). The normalized spacial score (nSPS) is 17.4. The molecule has 0 aromatic heterocycles. The first-order valence-corrected chi connectivity index (χ1v) is 4.98. The summed E-state index contributed by atoms with van der Waals surface area (Å²) in [5.41, 5.74) is 5.53. The summed E-state index contributed by atoms with van der Waals surface area (Å²) < 4.78 is 5.08. The lowest BCUT2D eigenvalue weighted by Gasteiger charge is -2.35. The zero-order chi connectivity index (χ0) is 11.2. The van der Waals surface area contributed by atoms with Crippen molar-refractivity contribution in [2.75, 3.05) is 13.7 Å². The Morgan fingerprint density at radius 1 is 1.57 bits per heavy atom. The van der Waals surface area contributed by atoms with Gasteiger partial charge in [-0.25, -0.2) is 0 Å². The second-order valence-electron chi connectivity index (χ2n) is 3.73. The van der Waals surface area contributed by atoms with Crippen LogP contribution in [0.25, 0.3) is 0 Å². The molecule has 0 amide bonds. The quantitative estimate of drug-likeness (QED) is 0.653. The van der Waals surface area contributed by atoms with Gasteiger partial charge in [-0.05, 0) is 12.8 Å². The lowest BCUT2D eigenvalue weighted by atomic mass is 9.75. The van der Waals surface area contributed by atoms with E-state index in [1.807, 2.05) is 13.8 Å². The summed E-state index contributed by atoms with van der Waals surface area (Å²) in [4.78, 5) is 10.8. The zero-order valence-corrected chi connectivity index (χ0v) is 9.25. The summed E-state index contributed by atoms with van der Waals surface area (Å²) in [5, 5.41) is 8.84. The molecule has 0 aliphatic rings. The number of hydrogen-bond acceptors (Lipinski definition) is 3. The lowest BCUT2D eigenvalue weighted by molar-refractivity contribution is -0.141. The Kier molecular flexibility index (Phi) is 5.72. The van der Waals surface area contributed by atoms with Gasteiger partial charge in [0, 0.05) is 18.6 Å². The van der Waals surface area contributed by atoms with E-state index < -0.39 is 11.4 Å². The molecule has 4 nitrogen and oxygen atoms in total. The highest BCUT2D eigenvalue weighted by Crippen LogP contribution is 2.31. The maximum atomic E-state index is 10.8. The highest BCUT2D eigenvalue weighted by Gasteiger charge is 2.36. The van der Waals surface area contributed by atoms with E-state index in [0.29, 0.717) is 6.61 Å². The van der Waals surface area contributed by atoms with Gasteiger partial charge in [-0.15, -0.1) is 0 Å². The first-order valence-electron chi connectivity index (χ1n) is 4.98. The first-order chi connectivity index (χ1) is 6.52. The van der Waals surface area contributed by atoms with E-state index in [1.165, 1.54) is 0 Å². The largest absolute Gasteiger partial charge is 0.481 e. The van der Waals surface area contributed by atoms with Crippen LogP contribution in [0.3, 0.4) is 0 Å². The van der Waals surface area contributed by atoms with Crippen LogP contribution < -0.4 is 5.73 Å². The fourth-order valence-electron chi connectivity index (χ4n) is 1.80. The molecule has 2 atom stereocenters. The smallest absolute Gasteiger partial charge is 0.304 e. The van der Waals surface area contributed by atoms with Crippen molar-refractivity contribution < 1.29 is 14.6 Å². The Morgan fingerprint density at radius 2 is 2.14 bits per heavy atom. The number of rotatable bonds is 7. The molecule has 0 saturated carbocycles. The lowest BCUT2D eigenvalue weighted by Crippen LogP contribution is -2.45. The summed E-state index contributed by atoms with van der Waals surface area (Å²) in [6, 6.07) is -0.122. The van der Waals surface area contributed by atoms with E-state index in [0.717, 1.165) is 12.8 Å². The van der Waals surface area contributed by atoms with Crippen LogP contribution in [-0.4, -0.2) is 30.8 Å². The molecule has 3 N–H and O–H groups in total. The Bertz CT molecular complexity index is 184. The van der Waals surface area contributed by atoms with Crippen molar-refractivity contribution in [3.05, 3.63) is 0 Å². The van der Waals surface area contributed by atoms with Crippen LogP contribution in [0.4, 0.5) is 0 Å². The third kappa shape index (κ3) is 3.27. The average Bonchev–Trinajstić information content (AvgIpc) is 2.15. The maximum absolute atomic E-state index is 10.8. The van der Waals surface area contributed by atoms with Gasteiger partial charge in [-0.3, -0.25) is 4.79 Å². The van der Waals surface area contributed by atoms with Gasteiger partial charge >= 0.3 is 5.97 Å². The van der Waals surface area contributed by atoms with Crippen LogP contribution in [0.2, 0.25) is 0 Å². The molecule has 0 bridgehead atoms. The Morgan fingerprint density at radius 3 is 2.43 bits per heavy atom. The molecule has 0 radical (unpaired) electrons. The van der Waals surface area contributed by atoms with E-state index in [-0.39, 0.29) is 12.5 Å². The van der Waals surface area contributed by atoms with Gasteiger partial charge in [0.25, 0.3) is 0 Å². The standard InChI is InChI=1S/C10H21NO3/c1-4-8(11)10(5-2,7-14-3)6-9(12)13/h8H,4-7,11H2,1-3H3,(H,12,13). The summed E-state index contributed by atoms with van der Waals surface area (Å²) in [6.45, 7) is 4.33. The summed E-state index contributed by atoms with van der Waals surface area (Å²) in [6.07, 6.45) is 1.57. The molecule has 0 saturated heterocycles. The Labute approximate surface area is 85.4 Å². The van der Waals surface area contributed by atoms with E-state index in [2.05, 4.69) is 0 Å². The third-order valence-corrected chi connectivity index (χ3v) is 2.87. The number of ether oxygens (including phenoxy) is 1. The van der Waals surface area contributed by atoms with Crippen molar-refractivity contribution >= 4 is 5.97 Å². The molecule has 2 unspecified atom stereocenters. The molecule has 0 heterocycles. The molecule has 84 valence electrons. The monoisotopic (exact) mass is 203 g/mol. The highest BCUT2D eigenvalue weighted by atomic mass is 16.5. The Hall–Kier alpha value is -0.610. The molecule has 14 heavy (non-hydrogen) atoms. The van der Waals surface area contributed by atoms with Crippen LogP contribution in [0, 0.1) is 5.41 Å².